The van der Waals surface area contributed by atoms with E-state index in [2.05, 4.69) is 35.6 Å². The first-order valence-electron chi connectivity index (χ1n) is 11.0. The Kier molecular flexibility index (Phi) is 4.49. The summed E-state index contributed by atoms with van der Waals surface area (Å²) in [7, 11) is 2.02. The van der Waals surface area contributed by atoms with E-state index in [1.807, 2.05) is 31.3 Å². The highest BCUT2D eigenvalue weighted by molar-refractivity contribution is 5.97. The molecule has 0 saturated carbocycles. The first kappa shape index (κ1) is 19.6. The average Bonchev–Trinajstić information content (AvgIpc) is 3.58. The predicted octanol–water partition coefficient (Wildman–Crippen LogP) is 2.71. The predicted molar refractivity (Wildman–Crippen MR) is 120 cm³/mol. The maximum Gasteiger partial charge on any atom is 0.407 e. The van der Waals surface area contributed by atoms with Crippen molar-refractivity contribution in [2.45, 2.75) is 43.8 Å². The number of aromatic amines is 1. The lowest BCUT2D eigenvalue weighted by Gasteiger charge is -2.41. The summed E-state index contributed by atoms with van der Waals surface area (Å²) in [6, 6.07) is 8.32. The molecule has 0 aliphatic carbocycles. The molecule has 2 saturated heterocycles. The van der Waals surface area contributed by atoms with E-state index >= 15 is 0 Å². The van der Waals surface area contributed by atoms with Gasteiger partial charge < -0.3 is 14.9 Å². The number of hydrogen-bond acceptors (Lipinski definition) is 7. The summed E-state index contributed by atoms with van der Waals surface area (Å²) < 4.78 is 1.70. The zero-order valence-corrected chi connectivity index (χ0v) is 18.0. The molecule has 2 bridgehead atoms. The minimum absolute atomic E-state index is 0.0955. The minimum Gasteiger partial charge on any atom is -0.465 e. The molecule has 33 heavy (non-hydrogen) atoms. The van der Waals surface area contributed by atoms with Crippen molar-refractivity contribution < 1.29 is 9.90 Å². The molecule has 4 aromatic rings. The molecule has 11 heteroatoms. The molecule has 0 spiro atoms. The van der Waals surface area contributed by atoms with Crippen LogP contribution in [0.3, 0.4) is 0 Å². The monoisotopic (exact) mass is 445 g/mol. The quantitative estimate of drug-likeness (QED) is 0.491. The Balaban J connectivity index is 1.25. The second kappa shape index (κ2) is 7.54. The van der Waals surface area contributed by atoms with Gasteiger partial charge in [0.2, 0.25) is 0 Å². The standard InChI is InChI=1S/C22H23N9O2/c1-29(15-10-13-2-3-14(11-15)31(13)22(32)33)20-7-5-18(25-26-20)16-4-6-19(30-9-8-23-28-30)17-12-24-27-21(16)17/h4-9,12-15H,2-3,10-11H2,1H3,(H,24,27)(H,32,33)/t13-,14+,15?. The number of rotatable bonds is 4. The third-order valence-corrected chi connectivity index (χ3v) is 7.03. The molecule has 1 unspecified atom stereocenters. The number of carbonyl (C=O) groups is 1. The van der Waals surface area contributed by atoms with Crippen LogP contribution in [0.25, 0.3) is 27.8 Å². The van der Waals surface area contributed by atoms with Crippen LogP contribution in [0.5, 0.6) is 0 Å². The van der Waals surface area contributed by atoms with Crippen LogP contribution in [0.4, 0.5) is 10.6 Å². The molecule has 1 amide bonds. The molecule has 2 fully saturated rings. The van der Waals surface area contributed by atoms with Crippen LogP contribution >= 0.6 is 0 Å². The molecule has 11 nitrogen and oxygen atoms in total. The van der Waals surface area contributed by atoms with Crippen LogP contribution < -0.4 is 4.90 Å². The van der Waals surface area contributed by atoms with Crippen molar-refractivity contribution in [2.75, 3.05) is 11.9 Å². The van der Waals surface area contributed by atoms with Crippen LogP contribution in [-0.2, 0) is 0 Å². The van der Waals surface area contributed by atoms with E-state index in [0.29, 0.717) is 0 Å². The SMILES string of the molecule is CN(c1ccc(-c2ccc(-n3ccnn3)c3cn[nH]c23)nn1)C1C[C@H]2CC[C@@H](C1)N2C(=O)O. The van der Waals surface area contributed by atoms with Gasteiger partial charge in [0.1, 0.15) is 0 Å². The highest BCUT2D eigenvalue weighted by atomic mass is 16.4. The number of H-pyrrole nitrogens is 1. The molecule has 2 N–H and O–H groups in total. The number of benzene rings is 1. The Hall–Kier alpha value is -4.02. The number of piperidine rings is 1. The van der Waals surface area contributed by atoms with Gasteiger partial charge in [-0.3, -0.25) is 5.10 Å². The van der Waals surface area contributed by atoms with Gasteiger partial charge in [-0.2, -0.15) is 5.10 Å². The van der Waals surface area contributed by atoms with Crippen molar-refractivity contribution in [3.05, 3.63) is 42.9 Å². The number of carboxylic acid groups (broad SMARTS) is 1. The lowest BCUT2D eigenvalue weighted by Crippen LogP contribution is -2.51. The number of anilines is 1. The summed E-state index contributed by atoms with van der Waals surface area (Å²) in [5.74, 6) is 0.784. The van der Waals surface area contributed by atoms with Gasteiger partial charge in [0.15, 0.2) is 5.82 Å². The largest absolute Gasteiger partial charge is 0.465 e. The van der Waals surface area contributed by atoms with Crippen LogP contribution in [0.15, 0.2) is 42.9 Å². The fourth-order valence-corrected chi connectivity index (χ4v) is 5.39. The fraction of sp³-hybridized carbons (Fsp3) is 0.364. The highest BCUT2D eigenvalue weighted by Crippen LogP contribution is 2.38. The van der Waals surface area contributed by atoms with Gasteiger partial charge in [-0.1, -0.05) is 5.21 Å². The first-order chi connectivity index (χ1) is 16.1. The molecular formula is C22H23N9O2. The molecule has 5 heterocycles. The smallest absolute Gasteiger partial charge is 0.407 e. The molecule has 1 aromatic carbocycles. The second-order valence-corrected chi connectivity index (χ2v) is 8.73. The van der Waals surface area contributed by atoms with E-state index in [9.17, 15) is 9.90 Å². The summed E-state index contributed by atoms with van der Waals surface area (Å²) in [4.78, 5) is 15.4. The number of nitrogens with one attached hydrogen (secondary N) is 1. The van der Waals surface area contributed by atoms with Crippen molar-refractivity contribution in [1.82, 2.24) is 40.3 Å². The fourth-order valence-electron chi connectivity index (χ4n) is 5.39. The third kappa shape index (κ3) is 3.19. The van der Waals surface area contributed by atoms with Crippen molar-refractivity contribution in [3.63, 3.8) is 0 Å². The van der Waals surface area contributed by atoms with Crippen molar-refractivity contribution >= 4 is 22.8 Å². The maximum absolute atomic E-state index is 11.6. The van der Waals surface area contributed by atoms with Gasteiger partial charge in [-0.05, 0) is 49.9 Å². The van der Waals surface area contributed by atoms with E-state index in [0.717, 1.165) is 59.3 Å². The number of aromatic nitrogens is 7. The van der Waals surface area contributed by atoms with Crippen molar-refractivity contribution in [2.24, 2.45) is 0 Å². The Labute approximate surface area is 189 Å². The van der Waals surface area contributed by atoms with Gasteiger partial charge >= 0.3 is 6.09 Å². The van der Waals surface area contributed by atoms with E-state index < -0.39 is 6.09 Å². The molecule has 6 rings (SSSR count). The van der Waals surface area contributed by atoms with Gasteiger partial charge in [-0.15, -0.1) is 15.3 Å². The average molecular weight is 445 g/mol. The van der Waals surface area contributed by atoms with Gasteiger partial charge in [0.05, 0.1) is 35.5 Å². The summed E-state index contributed by atoms with van der Waals surface area (Å²) in [5.41, 5.74) is 3.39. The zero-order valence-electron chi connectivity index (χ0n) is 18.0. The third-order valence-electron chi connectivity index (χ3n) is 7.03. The lowest BCUT2D eigenvalue weighted by atomic mass is 9.96. The number of amides is 1. The molecule has 2 aliphatic rings. The van der Waals surface area contributed by atoms with Crippen LogP contribution in [0.1, 0.15) is 25.7 Å². The molecule has 168 valence electrons. The van der Waals surface area contributed by atoms with E-state index in [1.165, 1.54) is 0 Å². The minimum atomic E-state index is -0.798. The zero-order chi connectivity index (χ0) is 22.5. The van der Waals surface area contributed by atoms with E-state index in [4.69, 9.17) is 0 Å². The summed E-state index contributed by atoms with van der Waals surface area (Å²) in [6.07, 6.45) is 7.92. The topological polar surface area (TPSA) is 129 Å². The number of hydrogen-bond donors (Lipinski definition) is 2. The van der Waals surface area contributed by atoms with Crippen LogP contribution in [-0.4, -0.2) is 76.7 Å². The van der Waals surface area contributed by atoms with Gasteiger partial charge in [0.25, 0.3) is 0 Å². The Morgan fingerprint density at radius 3 is 2.64 bits per heavy atom. The van der Waals surface area contributed by atoms with E-state index in [-0.39, 0.29) is 18.1 Å². The molecular weight excluding hydrogens is 422 g/mol. The van der Waals surface area contributed by atoms with Gasteiger partial charge in [0, 0.05) is 36.1 Å². The molecule has 0 radical (unpaired) electrons. The Morgan fingerprint density at radius 1 is 1.15 bits per heavy atom. The first-order valence-corrected chi connectivity index (χ1v) is 11.0. The molecule has 2 aliphatic heterocycles. The lowest BCUT2D eigenvalue weighted by molar-refractivity contribution is 0.0965. The summed E-state index contributed by atoms with van der Waals surface area (Å²) in [6.45, 7) is 0. The number of fused-ring (bicyclic) bond motifs is 3. The highest BCUT2D eigenvalue weighted by Gasteiger charge is 2.44. The maximum atomic E-state index is 11.6. The molecule has 3 aromatic heterocycles. The van der Waals surface area contributed by atoms with Crippen molar-refractivity contribution in [1.29, 1.82) is 0 Å². The normalized spacial score (nSPS) is 22.1. The second-order valence-electron chi connectivity index (χ2n) is 8.73. The molecule has 3 atom stereocenters. The summed E-state index contributed by atoms with van der Waals surface area (Å²) >= 11 is 0. The Bertz CT molecular complexity index is 1290. The van der Waals surface area contributed by atoms with E-state index in [1.54, 1.807) is 28.2 Å². The van der Waals surface area contributed by atoms with Gasteiger partial charge in [-0.25, -0.2) is 9.48 Å². The van der Waals surface area contributed by atoms with Crippen LogP contribution in [0, 0.1) is 0 Å². The number of nitrogens with zero attached hydrogens (tertiary/aromatic N) is 8. The van der Waals surface area contributed by atoms with Crippen molar-refractivity contribution in [3.8, 4) is 16.9 Å². The summed E-state index contributed by atoms with van der Waals surface area (Å²) in [5, 5.41) is 34.7. The van der Waals surface area contributed by atoms with Crippen LogP contribution in [0.2, 0.25) is 0 Å². The Morgan fingerprint density at radius 2 is 1.97 bits per heavy atom.